The van der Waals surface area contributed by atoms with Crippen molar-refractivity contribution >= 4 is 15.9 Å². The molecule has 0 saturated heterocycles. The van der Waals surface area contributed by atoms with Crippen LogP contribution >= 0.6 is 15.9 Å². The van der Waals surface area contributed by atoms with Crippen LogP contribution in [0.2, 0.25) is 0 Å². The van der Waals surface area contributed by atoms with Crippen LogP contribution in [-0.2, 0) is 13.1 Å². The third-order valence-corrected chi connectivity index (χ3v) is 4.38. The van der Waals surface area contributed by atoms with E-state index in [1.54, 1.807) is 0 Å². The predicted molar refractivity (Wildman–Crippen MR) is 91.5 cm³/mol. The van der Waals surface area contributed by atoms with Crippen LogP contribution in [0.3, 0.4) is 0 Å². The van der Waals surface area contributed by atoms with Gasteiger partial charge >= 0.3 is 0 Å². The molecule has 0 aliphatic carbocycles. The number of benzene rings is 1. The molecular formula is C17H24BrN3. The van der Waals surface area contributed by atoms with Crippen molar-refractivity contribution in [3.8, 4) is 0 Å². The van der Waals surface area contributed by atoms with Gasteiger partial charge in [0.05, 0.1) is 12.2 Å². The van der Waals surface area contributed by atoms with Crippen LogP contribution in [-0.4, -0.2) is 15.3 Å². The van der Waals surface area contributed by atoms with E-state index in [0.29, 0.717) is 0 Å². The first-order chi connectivity index (χ1) is 9.78. The minimum absolute atomic E-state index is 0.115. The summed E-state index contributed by atoms with van der Waals surface area (Å²) >= 11 is 3.61. The van der Waals surface area contributed by atoms with Crippen LogP contribution in [0.25, 0.3) is 0 Å². The monoisotopic (exact) mass is 349 g/mol. The van der Waals surface area contributed by atoms with Crippen molar-refractivity contribution in [2.75, 3.05) is 0 Å². The van der Waals surface area contributed by atoms with Gasteiger partial charge in [-0.15, -0.1) is 0 Å². The largest absolute Gasteiger partial charge is 0.308 e. The number of aryl methyl sites for hydroxylation is 1. The molecule has 0 bridgehead atoms. The van der Waals surface area contributed by atoms with Crippen LogP contribution in [0.1, 0.15) is 43.3 Å². The Hall–Kier alpha value is -1.13. The summed E-state index contributed by atoms with van der Waals surface area (Å²) in [5.41, 5.74) is 5.01. The molecule has 0 atom stereocenters. The lowest BCUT2D eigenvalue weighted by Gasteiger charge is -2.20. The second-order valence-corrected chi connectivity index (χ2v) is 7.36. The van der Waals surface area contributed by atoms with Crippen molar-refractivity contribution in [3.63, 3.8) is 0 Å². The Bertz CT molecular complexity index is 623. The molecule has 1 aromatic heterocycles. The summed E-state index contributed by atoms with van der Waals surface area (Å²) in [5.74, 6) is 0. The fourth-order valence-corrected chi connectivity index (χ4v) is 2.70. The Morgan fingerprint density at radius 1 is 1.19 bits per heavy atom. The van der Waals surface area contributed by atoms with Gasteiger partial charge in [0.15, 0.2) is 0 Å². The minimum atomic E-state index is 0.115. The summed E-state index contributed by atoms with van der Waals surface area (Å²) in [6, 6.07) is 8.30. The smallest absolute Gasteiger partial charge is 0.0673 e. The molecule has 21 heavy (non-hydrogen) atoms. The first-order valence-corrected chi connectivity index (χ1v) is 8.08. The van der Waals surface area contributed by atoms with Crippen LogP contribution in [0.15, 0.2) is 28.7 Å². The number of aromatic nitrogens is 2. The quantitative estimate of drug-likeness (QED) is 0.896. The molecule has 1 N–H and O–H groups in total. The maximum absolute atomic E-state index is 4.70. The van der Waals surface area contributed by atoms with Crippen molar-refractivity contribution in [1.29, 1.82) is 0 Å². The number of hydrogen-bond donors (Lipinski definition) is 1. The number of hydrogen-bond acceptors (Lipinski definition) is 2. The molecule has 0 amide bonds. The summed E-state index contributed by atoms with van der Waals surface area (Å²) in [4.78, 5) is 0. The Balaban J connectivity index is 2.21. The minimum Gasteiger partial charge on any atom is -0.308 e. The summed E-state index contributed by atoms with van der Waals surface area (Å²) < 4.78 is 3.22. The van der Waals surface area contributed by atoms with Crippen molar-refractivity contribution in [1.82, 2.24) is 15.1 Å². The highest BCUT2D eigenvalue weighted by Gasteiger charge is 2.15. The van der Waals surface area contributed by atoms with Gasteiger partial charge in [0.2, 0.25) is 0 Å². The Morgan fingerprint density at radius 3 is 2.48 bits per heavy atom. The normalized spacial score (nSPS) is 11.9. The van der Waals surface area contributed by atoms with Gasteiger partial charge in [-0.25, -0.2) is 0 Å². The Kier molecular flexibility index (Phi) is 4.89. The van der Waals surface area contributed by atoms with E-state index in [0.717, 1.165) is 23.3 Å². The zero-order valence-electron chi connectivity index (χ0n) is 13.5. The van der Waals surface area contributed by atoms with E-state index >= 15 is 0 Å². The lowest BCUT2D eigenvalue weighted by molar-refractivity contribution is 0.423. The van der Waals surface area contributed by atoms with Gasteiger partial charge in [-0.2, -0.15) is 5.10 Å². The van der Waals surface area contributed by atoms with Crippen LogP contribution in [0.4, 0.5) is 0 Å². The second-order valence-electron chi connectivity index (χ2n) is 6.50. The third kappa shape index (κ3) is 4.17. The highest BCUT2D eigenvalue weighted by Crippen LogP contribution is 2.20. The first kappa shape index (κ1) is 16.2. The van der Waals surface area contributed by atoms with E-state index in [4.69, 9.17) is 5.10 Å². The summed E-state index contributed by atoms with van der Waals surface area (Å²) in [6.45, 7) is 12.4. The Labute approximate surface area is 135 Å². The average molecular weight is 350 g/mol. The van der Waals surface area contributed by atoms with Crippen LogP contribution in [0.5, 0.6) is 0 Å². The number of nitrogens with one attached hydrogen (secondary N) is 1. The lowest BCUT2D eigenvalue weighted by Crippen LogP contribution is -2.35. The van der Waals surface area contributed by atoms with E-state index < -0.39 is 0 Å². The molecular weight excluding hydrogens is 326 g/mol. The SMILES string of the molecule is Cc1nn(Cc2ccccc2Br)c(C)c1CNC(C)(C)C. The lowest BCUT2D eigenvalue weighted by atomic mass is 10.1. The van der Waals surface area contributed by atoms with Gasteiger partial charge in [-0.05, 0) is 46.2 Å². The van der Waals surface area contributed by atoms with E-state index in [1.165, 1.54) is 16.8 Å². The van der Waals surface area contributed by atoms with Gasteiger partial charge in [0, 0.05) is 27.8 Å². The topological polar surface area (TPSA) is 29.9 Å². The fourth-order valence-electron chi connectivity index (χ4n) is 2.29. The molecule has 4 heteroatoms. The van der Waals surface area contributed by atoms with Crippen LogP contribution in [0, 0.1) is 13.8 Å². The fraction of sp³-hybridized carbons (Fsp3) is 0.471. The van der Waals surface area contributed by atoms with E-state index in [-0.39, 0.29) is 5.54 Å². The number of rotatable bonds is 4. The maximum atomic E-state index is 4.70. The highest BCUT2D eigenvalue weighted by molar-refractivity contribution is 9.10. The molecule has 0 spiro atoms. The van der Waals surface area contributed by atoms with E-state index in [2.05, 4.69) is 78.7 Å². The van der Waals surface area contributed by atoms with Crippen molar-refractivity contribution in [3.05, 3.63) is 51.3 Å². The molecule has 2 aromatic rings. The van der Waals surface area contributed by atoms with Gasteiger partial charge in [-0.1, -0.05) is 34.1 Å². The molecule has 0 radical (unpaired) electrons. The van der Waals surface area contributed by atoms with E-state index in [9.17, 15) is 0 Å². The predicted octanol–water partition coefficient (Wildman–Crippen LogP) is 4.20. The summed E-state index contributed by atoms with van der Waals surface area (Å²) in [7, 11) is 0. The van der Waals surface area contributed by atoms with Gasteiger partial charge in [-0.3, -0.25) is 4.68 Å². The number of nitrogens with zero attached hydrogens (tertiary/aromatic N) is 2. The molecule has 2 rings (SSSR count). The van der Waals surface area contributed by atoms with Gasteiger partial charge in [0.1, 0.15) is 0 Å². The summed E-state index contributed by atoms with van der Waals surface area (Å²) in [5, 5.41) is 8.25. The molecule has 114 valence electrons. The molecule has 0 unspecified atom stereocenters. The molecule has 0 aliphatic rings. The number of halogens is 1. The van der Waals surface area contributed by atoms with Crippen molar-refractivity contribution in [2.45, 2.75) is 53.2 Å². The first-order valence-electron chi connectivity index (χ1n) is 7.29. The molecule has 3 nitrogen and oxygen atoms in total. The zero-order chi connectivity index (χ0) is 15.6. The summed E-state index contributed by atoms with van der Waals surface area (Å²) in [6.07, 6.45) is 0. The second kappa shape index (κ2) is 6.32. The van der Waals surface area contributed by atoms with Gasteiger partial charge in [0.25, 0.3) is 0 Å². The van der Waals surface area contributed by atoms with E-state index in [1.807, 2.05) is 6.07 Å². The van der Waals surface area contributed by atoms with Crippen molar-refractivity contribution in [2.24, 2.45) is 0 Å². The average Bonchev–Trinajstić information content (AvgIpc) is 2.64. The van der Waals surface area contributed by atoms with Gasteiger partial charge < -0.3 is 5.32 Å². The molecule has 0 fully saturated rings. The Morgan fingerprint density at radius 2 is 1.86 bits per heavy atom. The third-order valence-electron chi connectivity index (χ3n) is 3.60. The highest BCUT2D eigenvalue weighted by atomic mass is 79.9. The zero-order valence-corrected chi connectivity index (χ0v) is 15.1. The maximum Gasteiger partial charge on any atom is 0.0673 e. The molecule has 1 heterocycles. The molecule has 0 saturated carbocycles. The molecule has 1 aromatic carbocycles. The van der Waals surface area contributed by atoms with Crippen LogP contribution < -0.4 is 5.32 Å². The molecule has 0 aliphatic heterocycles. The van der Waals surface area contributed by atoms with Crippen molar-refractivity contribution < 1.29 is 0 Å². The standard InChI is InChI=1S/C17H24BrN3/c1-12-15(10-19-17(3,4)5)13(2)21(20-12)11-14-8-6-7-9-16(14)18/h6-9,19H,10-11H2,1-5H3.